The maximum Gasteiger partial charge on any atom is 0.331 e. The van der Waals surface area contributed by atoms with Crippen LogP contribution in [0.3, 0.4) is 0 Å². The largest absolute Gasteiger partial charge is 0.479 e. The number of aliphatic hydroxyl groups is 1. The smallest absolute Gasteiger partial charge is 0.331 e. The van der Waals surface area contributed by atoms with E-state index in [9.17, 15) is 14.7 Å². The fourth-order valence-corrected chi connectivity index (χ4v) is 1.91. The topological polar surface area (TPSA) is 86.6 Å². The molecule has 19 heavy (non-hydrogen) atoms. The zero-order chi connectivity index (χ0) is 14.8. The number of hydrogen-bond donors (Lipinski definition) is 3. The number of carbonyl (C=O) groups is 2. The number of nitrogens with one attached hydrogen (secondary N) is 1. The molecule has 1 rings (SSSR count). The number of amides is 1. The Balaban J connectivity index is 3.01. The van der Waals surface area contributed by atoms with Gasteiger partial charge in [0, 0.05) is 14.5 Å². The van der Waals surface area contributed by atoms with Gasteiger partial charge in [0.25, 0.3) is 5.91 Å². The SMILES string of the molecule is C[C@@H](O)C(C)(NC(=O)c1ccc(Br)c(Br)c1)C(=O)O. The molecule has 1 unspecified atom stereocenters. The third kappa shape index (κ3) is 3.55. The van der Waals surface area contributed by atoms with Crippen LogP contribution in [0.25, 0.3) is 0 Å². The number of hydrogen-bond acceptors (Lipinski definition) is 3. The first kappa shape index (κ1) is 16.1. The van der Waals surface area contributed by atoms with E-state index in [0.29, 0.717) is 10.0 Å². The van der Waals surface area contributed by atoms with Crippen LogP contribution in [0.4, 0.5) is 0 Å². The van der Waals surface area contributed by atoms with Crippen LogP contribution in [-0.2, 0) is 4.79 Å². The Morgan fingerprint density at radius 2 is 1.89 bits per heavy atom. The zero-order valence-electron chi connectivity index (χ0n) is 10.3. The second-order valence-electron chi connectivity index (χ2n) is 4.27. The molecule has 0 saturated carbocycles. The molecule has 0 aliphatic rings. The van der Waals surface area contributed by atoms with Gasteiger partial charge in [0.05, 0.1) is 6.10 Å². The molecule has 1 aromatic carbocycles. The van der Waals surface area contributed by atoms with Crippen molar-refractivity contribution in [3.05, 3.63) is 32.7 Å². The van der Waals surface area contributed by atoms with Crippen molar-refractivity contribution in [1.29, 1.82) is 0 Å². The summed E-state index contributed by atoms with van der Waals surface area (Å²) in [6.07, 6.45) is -1.23. The van der Waals surface area contributed by atoms with E-state index in [1.54, 1.807) is 18.2 Å². The number of aliphatic carboxylic acids is 1. The maximum absolute atomic E-state index is 12.0. The van der Waals surface area contributed by atoms with E-state index in [-0.39, 0.29) is 0 Å². The second-order valence-corrected chi connectivity index (χ2v) is 5.98. The van der Waals surface area contributed by atoms with Crippen LogP contribution in [0.15, 0.2) is 27.1 Å². The van der Waals surface area contributed by atoms with E-state index in [1.165, 1.54) is 13.8 Å². The molecular formula is C12H13Br2NO4. The van der Waals surface area contributed by atoms with E-state index in [4.69, 9.17) is 5.11 Å². The minimum Gasteiger partial charge on any atom is -0.479 e. The summed E-state index contributed by atoms with van der Waals surface area (Å²) in [5.74, 6) is -1.87. The first-order valence-electron chi connectivity index (χ1n) is 5.37. The van der Waals surface area contributed by atoms with E-state index in [2.05, 4.69) is 37.2 Å². The Bertz CT molecular complexity index is 518. The van der Waals surface area contributed by atoms with Crippen molar-refractivity contribution in [3.8, 4) is 0 Å². The van der Waals surface area contributed by atoms with Crippen molar-refractivity contribution < 1.29 is 19.8 Å². The first-order chi connectivity index (χ1) is 8.68. The van der Waals surface area contributed by atoms with Gasteiger partial charge in [0.2, 0.25) is 0 Å². The summed E-state index contributed by atoms with van der Waals surface area (Å²) in [5.41, 5.74) is -1.44. The van der Waals surface area contributed by atoms with Crippen molar-refractivity contribution in [2.75, 3.05) is 0 Å². The minimum atomic E-state index is -1.74. The third-order valence-corrected chi connectivity index (χ3v) is 4.71. The lowest BCUT2D eigenvalue weighted by molar-refractivity contribution is -0.148. The Labute approximate surface area is 127 Å². The number of halogens is 2. The fraction of sp³-hybridized carbons (Fsp3) is 0.333. The Hall–Kier alpha value is -0.920. The quantitative estimate of drug-likeness (QED) is 0.730. The molecule has 0 spiro atoms. The summed E-state index contributed by atoms with van der Waals surface area (Å²) in [6.45, 7) is 2.57. The van der Waals surface area contributed by atoms with Crippen LogP contribution in [0.5, 0.6) is 0 Å². The highest BCUT2D eigenvalue weighted by molar-refractivity contribution is 9.13. The Morgan fingerprint density at radius 3 is 2.32 bits per heavy atom. The van der Waals surface area contributed by atoms with Gasteiger partial charge in [-0.25, -0.2) is 4.79 Å². The summed E-state index contributed by atoms with van der Waals surface area (Å²) in [6, 6.07) is 4.78. The molecule has 0 aliphatic heterocycles. The highest BCUT2D eigenvalue weighted by Gasteiger charge is 2.40. The minimum absolute atomic E-state index is 0.295. The molecular weight excluding hydrogens is 382 g/mol. The Morgan fingerprint density at radius 1 is 1.32 bits per heavy atom. The molecule has 0 aliphatic carbocycles. The molecule has 0 saturated heterocycles. The molecule has 1 amide bonds. The van der Waals surface area contributed by atoms with Crippen LogP contribution in [-0.4, -0.2) is 33.7 Å². The summed E-state index contributed by atoms with van der Waals surface area (Å²) in [5, 5.41) is 21.0. The van der Waals surface area contributed by atoms with E-state index in [1.807, 2.05) is 0 Å². The summed E-state index contributed by atoms with van der Waals surface area (Å²) in [7, 11) is 0. The first-order valence-corrected chi connectivity index (χ1v) is 6.96. The van der Waals surface area contributed by atoms with Gasteiger partial charge in [-0.05, 0) is 63.9 Å². The predicted octanol–water partition coefficient (Wildman–Crippen LogP) is 2.17. The normalized spacial score (nSPS) is 15.4. The number of carboxylic acids is 1. The molecule has 1 aromatic rings. The van der Waals surface area contributed by atoms with Crippen LogP contribution in [0.1, 0.15) is 24.2 Å². The van der Waals surface area contributed by atoms with E-state index >= 15 is 0 Å². The van der Waals surface area contributed by atoms with Crippen molar-refractivity contribution in [2.45, 2.75) is 25.5 Å². The maximum atomic E-state index is 12.0. The van der Waals surface area contributed by atoms with E-state index in [0.717, 1.165) is 4.47 Å². The van der Waals surface area contributed by atoms with Gasteiger partial charge in [0.1, 0.15) is 0 Å². The number of carbonyl (C=O) groups excluding carboxylic acids is 1. The standard InChI is InChI=1S/C12H13Br2NO4/c1-6(16)12(2,11(18)19)15-10(17)7-3-4-8(13)9(14)5-7/h3-6,16H,1-2H3,(H,15,17)(H,18,19)/t6-,12?/m1/s1. The van der Waals surface area contributed by atoms with Crippen molar-refractivity contribution in [1.82, 2.24) is 5.32 Å². The molecule has 0 heterocycles. The number of rotatable bonds is 4. The van der Waals surface area contributed by atoms with Crippen molar-refractivity contribution in [3.63, 3.8) is 0 Å². The summed E-state index contributed by atoms with van der Waals surface area (Å²) in [4.78, 5) is 23.2. The van der Waals surface area contributed by atoms with Crippen molar-refractivity contribution in [2.24, 2.45) is 0 Å². The van der Waals surface area contributed by atoms with Gasteiger partial charge in [-0.15, -0.1) is 0 Å². The highest BCUT2D eigenvalue weighted by atomic mass is 79.9. The molecule has 104 valence electrons. The van der Waals surface area contributed by atoms with E-state index < -0.39 is 23.5 Å². The average molecular weight is 395 g/mol. The molecule has 0 radical (unpaired) electrons. The van der Waals surface area contributed by atoms with Gasteiger partial charge in [-0.3, -0.25) is 4.79 Å². The lowest BCUT2D eigenvalue weighted by Crippen LogP contribution is -2.59. The highest BCUT2D eigenvalue weighted by Crippen LogP contribution is 2.24. The molecule has 3 N–H and O–H groups in total. The summed E-state index contributed by atoms with van der Waals surface area (Å²) >= 11 is 6.53. The van der Waals surface area contributed by atoms with Gasteiger partial charge in [-0.2, -0.15) is 0 Å². The van der Waals surface area contributed by atoms with Gasteiger partial charge in [-0.1, -0.05) is 0 Å². The third-order valence-electron chi connectivity index (χ3n) is 2.83. The van der Waals surface area contributed by atoms with Crippen LogP contribution in [0, 0.1) is 0 Å². The molecule has 2 atom stereocenters. The predicted molar refractivity (Wildman–Crippen MR) is 77.0 cm³/mol. The van der Waals surface area contributed by atoms with Crippen molar-refractivity contribution >= 4 is 43.7 Å². The number of carboxylic acid groups (broad SMARTS) is 1. The van der Waals surface area contributed by atoms with Crippen LogP contribution < -0.4 is 5.32 Å². The monoisotopic (exact) mass is 393 g/mol. The molecule has 0 aromatic heterocycles. The molecule has 5 nitrogen and oxygen atoms in total. The van der Waals surface area contributed by atoms with Gasteiger partial charge in [0.15, 0.2) is 5.54 Å². The number of aliphatic hydroxyl groups excluding tert-OH is 1. The average Bonchev–Trinajstić information content (AvgIpc) is 2.31. The molecule has 0 fully saturated rings. The molecule has 0 bridgehead atoms. The Kier molecular flexibility index (Phi) is 5.11. The zero-order valence-corrected chi connectivity index (χ0v) is 13.4. The van der Waals surface area contributed by atoms with Crippen LogP contribution >= 0.6 is 31.9 Å². The van der Waals surface area contributed by atoms with Crippen LogP contribution in [0.2, 0.25) is 0 Å². The fourth-order valence-electron chi connectivity index (χ4n) is 1.28. The van der Waals surface area contributed by atoms with Gasteiger partial charge >= 0.3 is 5.97 Å². The lowest BCUT2D eigenvalue weighted by atomic mass is 9.95. The van der Waals surface area contributed by atoms with Gasteiger partial charge < -0.3 is 15.5 Å². The molecule has 7 heteroatoms. The second kappa shape index (κ2) is 6.02. The lowest BCUT2D eigenvalue weighted by Gasteiger charge is -2.29. The number of benzene rings is 1. The summed E-state index contributed by atoms with van der Waals surface area (Å²) < 4.78 is 1.45.